The molecule has 1 aliphatic rings. The Balaban J connectivity index is 2.32. The lowest BCUT2D eigenvalue weighted by Crippen LogP contribution is -2.23. The van der Waals surface area contributed by atoms with Crippen molar-refractivity contribution < 1.29 is 4.39 Å². The van der Waals surface area contributed by atoms with Crippen LogP contribution in [0.15, 0.2) is 18.2 Å². The highest BCUT2D eigenvalue weighted by atomic mass is 19.1. The van der Waals surface area contributed by atoms with Crippen molar-refractivity contribution in [1.29, 1.82) is 5.41 Å². The minimum atomic E-state index is -0.181. The van der Waals surface area contributed by atoms with E-state index in [1.54, 1.807) is 19.1 Å². The van der Waals surface area contributed by atoms with Crippen molar-refractivity contribution in [3.8, 4) is 0 Å². The van der Waals surface area contributed by atoms with Crippen LogP contribution in [0.4, 0.5) is 10.1 Å². The van der Waals surface area contributed by atoms with Crippen LogP contribution < -0.4 is 4.90 Å². The van der Waals surface area contributed by atoms with E-state index in [-0.39, 0.29) is 5.82 Å². The molecule has 0 aromatic heterocycles. The molecule has 0 bridgehead atoms. The Morgan fingerprint density at radius 1 is 1.43 bits per heavy atom. The molecule has 0 radical (unpaired) electrons. The Morgan fingerprint density at radius 3 is 2.79 bits per heavy atom. The van der Waals surface area contributed by atoms with Crippen LogP contribution in [0.1, 0.15) is 18.4 Å². The van der Waals surface area contributed by atoms with Crippen molar-refractivity contribution in [2.75, 3.05) is 11.4 Å². The maximum Gasteiger partial charge on any atom is 0.126 e. The highest BCUT2D eigenvalue weighted by molar-refractivity contribution is 5.97. The zero-order valence-corrected chi connectivity index (χ0v) is 8.18. The Labute approximate surface area is 82.9 Å². The van der Waals surface area contributed by atoms with Gasteiger partial charge in [0.15, 0.2) is 0 Å². The molecule has 1 heterocycles. The summed E-state index contributed by atoms with van der Waals surface area (Å²) in [7, 11) is 0. The van der Waals surface area contributed by atoms with E-state index in [0.717, 1.165) is 25.1 Å². The minimum Gasteiger partial charge on any atom is -0.330 e. The van der Waals surface area contributed by atoms with Crippen LogP contribution >= 0.6 is 0 Å². The largest absolute Gasteiger partial charge is 0.330 e. The molecule has 1 aliphatic heterocycles. The zero-order valence-electron chi connectivity index (χ0n) is 8.18. The minimum absolute atomic E-state index is 0.181. The monoisotopic (exact) mass is 192 g/mol. The van der Waals surface area contributed by atoms with Gasteiger partial charge in [0.05, 0.1) is 0 Å². The van der Waals surface area contributed by atoms with Crippen molar-refractivity contribution in [3.63, 3.8) is 0 Å². The van der Waals surface area contributed by atoms with E-state index in [1.165, 1.54) is 6.07 Å². The highest BCUT2D eigenvalue weighted by Crippen LogP contribution is 2.23. The summed E-state index contributed by atoms with van der Waals surface area (Å²) >= 11 is 0. The van der Waals surface area contributed by atoms with Gasteiger partial charge in [-0.1, -0.05) is 0 Å². The predicted octanol–water partition coefficient (Wildman–Crippen LogP) is 2.71. The molecule has 1 aromatic carbocycles. The lowest BCUT2D eigenvalue weighted by atomic mass is 10.2. The van der Waals surface area contributed by atoms with E-state index in [1.807, 2.05) is 4.90 Å². The number of hydrogen-bond acceptors (Lipinski definition) is 1. The van der Waals surface area contributed by atoms with Crippen molar-refractivity contribution in [1.82, 2.24) is 0 Å². The maximum absolute atomic E-state index is 13.0. The molecule has 2 rings (SSSR count). The number of halogens is 1. The molecule has 1 fully saturated rings. The van der Waals surface area contributed by atoms with Gasteiger partial charge in [0.25, 0.3) is 0 Å². The van der Waals surface area contributed by atoms with E-state index in [2.05, 4.69) is 0 Å². The van der Waals surface area contributed by atoms with Crippen molar-refractivity contribution >= 4 is 11.5 Å². The fourth-order valence-electron chi connectivity index (χ4n) is 1.76. The second-order valence-electron chi connectivity index (χ2n) is 3.64. The number of nitrogens with zero attached hydrogens (tertiary/aromatic N) is 1. The average Bonchev–Trinajstić information content (AvgIpc) is 2.57. The van der Waals surface area contributed by atoms with E-state index in [4.69, 9.17) is 5.41 Å². The van der Waals surface area contributed by atoms with Crippen molar-refractivity contribution in [2.45, 2.75) is 19.8 Å². The Kier molecular flexibility index (Phi) is 2.23. The summed E-state index contributed by atoms with van der Waals surface area (Å²) in [4.78, 5) is 1.94. The first-order chi connectivity index (χ1) is 6.68. The second kappa shape index (κ2) is 3.40. The lowest BCUT2D eigenvalue weighted by Gasteiger charge is -2.18. The number of aryl methyl sites for hydroxylation is 1. The van der Waals surface area contributed by atoms with Gasteiger partial charge in [0, 0.05) is 18.7 Å². The molecular formula is C11H13FN2. The molecule has 0 aliphatic carbocycles. The molecule has 14 heavy (non-hydrogen) atoms. The van der Waals surface area contributed by atoms with Gasteiger partial charge in [-0.2, -0.15) is 0 Å². The quantitative estimate of drug-likeness (QED) is 0.727. The summed E-state index contributed by atoms with van der Waals surface area (Å²) in [6.45, 7) is 2.63. The third-order valence-electron chi connectivity index (χ3n) is 2.57. The number of rotatable bonds is 1. The van der Waals surface area contributed by atoms with E-state index < -0.39 is 0 Å². The molecule has 0 spiro atoms. The molecule has 1 aromatic rings. The average molecular weight is 192 g/mol. The summed E-state index contributed by atoms with van der Waals surface area (Å²) in [6, 6.07) is 5.01. The number of nitrogens with one attached hydrogen (secondary N) is 1. The third-order valence-corrected chi connectivity index (χ3v) is 2.57. The number of anilines is 1. The van der Waals surface area contributed by atoms with Gasteiger partial charge < -0.3 is 4.90 Å². The molecule has 0 unspecified atom stereocenters. The fraction of sp³-hybridized carbons (Fsp3) is 0.364. The Hall–Kier alpha value is -1.38. The molecular weight excluding hydrogens is 179 g/mol. The second-order valence-corrected chi connectivity index (χ2v) is 3.64. The molecule has 2 nitrogen and oxygen atoms in total. The van der Waals surface area contributed by atoms with Gasteiger partial charge in [-0.05, 0) is 37.1 Å². The lowest BCUT2D eigenvalue weighted by molar-refractivity contribution is 0.618. The smallest absolute Gasteiger partial charge is 0.126 e. The molecule has 0 saturated carbocycles. The number of benzene rings is 1. The summed E-state index contributed by atoms with van der Waals surface area (Å²) in [5.41, 5.74) is 1.58. The van der Waals surface area contributed by atoms with Gasteiger partial charge in [0.2, 0.25) is 0 Å². The van der Waals surface area contributed by atoms with Gasteiger partial charge in [-0.25, -0.2) is 4.39 Å². The summed E-state index contributed by atoms with van der Waals surface area (Å²) in [5, 5.41) is 7.70. The number of amidine groups is 1. The summed E-state index contributed by atoms with van der Waals surface area (Å²) < 4.78 is 13.0. The molecule has 0 atom stereocenters. The third kappa shape index (κ3) is 1.50. The van der Waals surface area contributed by atoms with Gasteiger partial charge in [-0.15, -0.1) is 0 Å². The van der Waals surface area contributed by atoms with Crippen LogP contribution in [0, 0.1) is 18.2 Å². The number of hydrogen-bond donors (Lipinski definition) is 1. The standard InChI is InChI=1S/C11H13FN2/c1-8-7-9(4-5-10(8)12)14-6-2-3-11(14)13/h4-5,7,13H,2-3,6H2,1H3. The summed E-state index contributed by atoms with van der Waals surface area (Å²) in [5.74, 6) is 0.454. The van der Waals surface area contributed by atoms with Crippen molar-refractivity contribution in [2.24, 2.45) is 0 Å². The molecule has 0 amide bonds. The first kappa shape index (κ1) is 9.19. The van der Waals surface area contributed by atoms with Crippen LogP contribution in [0.2, 0.25) is 0 Å². The zero-order chi connectivity index (χ0) is 10.1. The molecule has 74 valence electrons. The maximum atomic E-state index is 13.0. The van der Waals surface area contributed by atoms with Gasteiger partial charge in [0.1, 0.15) is 11.7 Å². The summed E-state index contributed by atoms with van der Waals surface area (Å²) in [6.07, 6.45) is 1.85. The Bertz CT molecular complexity index is 374. The first-order valence-electron chi connectivity index (χ1n) is 4.79. The van der Waals surface area contributed by atoms with Crippen LogP contribution in [0.25, 0.3) is 0 Å². The fourth-order valence-corrected chi connectivity index (χ4v) is 1.76. The SMILES string of the molecule is Cc1cc(N2CCCC2=N)ccc1F. The predicted molar refractivity (Wildman–Crippen MR) is 55.4 cm³/mol. The molecule has 1 saturated heterocycles. The van der Waals surface area contributed by atoms with Crippen LogP contribution in [-0.4, -0.2) is 12.4 Å². The molecule has 3 heteroatoms. The van der Waals surface area contributed by atoms with Gasteiger partial charge >= 0.3 is 0 Å². The van der Waals surface area contributed by atoms with Crippen LogP contribution in [0.3, 0.4) is 0 Å². The van der Waals surface area contributed by atoms with Gasteiger partial charge in [-0.3, -0.25) is 5.41 Å². The normalized spacial score (nSPS) is 16.4. The van der Waals surface area contributed by atoms with E-state index in [0.29, 0.717) is 11.4 Å². The Morgan fingerprint density at radius 2 is 2.21 bits per heavy atom. The van der Waals surface area contributed by atoms with E-state index in [9.17, 15) is 4.39 Å². The van der Waals surface area contributed by atoms with E-state index >= 15 is 0 Å². The van der Waals surface area contributed by atoms with Crippen LogP contribution in [0.5, 0.6) is 0 Å². The van der Waals surface area contributed by atoms with Crippen LogP contribution in [-0.2, 0) is 0 Å². The first-order valence-corrected chi connectivity index (χ1v) is 4.79. The molecule has 1 N–H and O–H groups in total. The topological polar surface area (TPSA) is 27.1 Å². The highest BCUT2D eigenvalue weighted by Gasteiger charge is 2.18. The van der Waals surface area contributed by atoms with Crippen molar-refractivity contribution in [3.05, 3.63) is 29.6 Å².